The SMILES string of the molecule is COc1nc(N)nc2c1ncn2[C@@H]1C=C[C@H](COP(=O)(OCOC(=O)C(C)(C)C)OCOC(=O)C(C)(C)C)C1. The Bertz CT molecular complexity index is 1230. The molecular weight excluding hydrogens is 533 g/mol. The maximum atomic E-state index is 13.3. The van der Waals surface area contributed by atoms with E-state index in [1.807, 2.05) is 16.7 Å². The molecule has 0 unspecified atom stereocenters. The number of nitrogens with zero attached hydrogens (tertiary/aromatic N) is 4. The molecule has 14 nitrogen and oxygen atoms in total. The summed E-state index contributed by atoms with van der Waals surface area (Å²) in [5, 5.41) is 0. The molecule has 2 atom stereocenters. The van der Waals surface area contributed by atoms with Gasteiger partial charge in [0.1, 0.15) is 0 Å². The van der Waals surface area contributed by atoms with E-state index in [0.29, 0.717) is 17.6 Å². The first kappa shape index (κ1) is 30.5. The number of allylic oxidation sites excluding steroid dienone is 1. The Kier molecular flexibility index (Phi) is 9.37. The predicted octanol–water partition coefficient (Wildman–Crippen LogP) is 3.79. The summed E-state index contributed by atoms with van der Waals surface area (Å²) in [7, 11) is -2.81. The molecule has 3 rings (SSSR count). The standard InChI is InChI=1S/C24H36N5O9P/c1-23(2,3)20(30)34-13-37-39(32,38-14-35-21(31)24(4,5)6)36-11-15-8-9-16(10-15)29-12-26-17-18(29)27-22(25)28-19(17)33-7/h8-9,12,15-16H,10-11,13-14H2,1-7H3,(H2,25,27,28)/t15-,16+/m0/s1. The van der Waals surface area contributed by atoms with Gasteiger partial charge in [0.25, 0.3) is 0 Å². The van der Waals surface area contributed by atoms with Crippen LogP contribution in [-0.4, -0.2) is 58.8 Å². The molecule has 0 radical (unpaired) electrons. The summed E-state index contributed by atoms with van der Waals surface area (Å²) in [5.41, 5.74) is 5.21. The van der Waals surface area contributed by atoms with Crippen molar-refractivity contribution >= 4 is 36.9 Å². The van der Waals surface area contributed by atoms with Crippen molar-refractivity contribution in [2.24, 2.45) is 16.7 Å². The van der Waals surface area contributed by atoms with Crippen LogP contribution in [0.4, 0.5) is 5.95 Å². The summed E-state index contributed by atoms with van der Waals surface area (Å²) < 4.78 is 46.4. The molecule has 2 aromatic heterocycles. The number of hydrogen-bond donors (Lipinski definition) is 1. The van der Waals surface area contributed by atoms with Gasteiger partial charge >= 0.3 is 19.8 Å². The highest BCUT2D eigenvalue weighted by Crippen LogP contribution is 2.50. The lowest BCUT2D eigenvalue weighted by Gasteiger charge is -2.22. The second kappa shape index (κ2) is 12.0. The number of anilines is 1. The van der Waals surface area contributed by atoms with Gasteiger partial charge in [-0.1, -0.05) is 12.2 Å². The van der Waals surface area contributed by atoms with Crippen LogP contribution in [0.2, 0.25) is 0 Å². The lowest BCUT2D eigenvalue weighted by atomic mass is 9.98. The first-order valence-electron chi connectivity index (χ1n) is 12.2. The van der Waals surface area contributed by atoms with E-state index in [0.717, 1.165) is 0 Å². The quantitative estimate of drug-likeness (QED) is 0.179. The molecule has 2 heterocycles. The fraction of sp³-hybridized carbons (Fsp3) is 0.625. The Balaban J connectivity index is 1.64. The lowest BCUT2D eigenvalue weighted by Crippen LogP contribution is -2.25. The average molecular weight is 570 g/mol. The van der Waals surface area contributed by atoms with E-state index in [2.05, 4.69) is 15.0 Å². The van der Waals surface area contributed by atoms with Crippen molar-refractivity contribution in [3.8, 4) is 5.88 Å². The Morgan fingerprint density at radius 3 is 2.13 bits per heavy atom. The molecule has 0 saturated carbocycles. The molecule has 0 saturated heterocycles. The van der Waals surface area contributed by atoms with Crippen LogP contribution in [0.15, 0.2) is 18.5 Å². The molecule has 15 heteroatoms. The van der Waals surface area contributed by atoms with Crippen molar-refractivity contribution in [2.45, 2.75) is 54.0 Å². The second-order valence-electron chi connectivity index (χ2n) is 11.0. The Hall–Kier alpha value is -3.06. The Morgan fingerprint density at radius 1 is 1.00 bits per heavy atom. The monoisotopic (exact) mass is 569 g/mol. The number of aromatic nitrogens is 4. The number of ether oxygens (including phenoxy) is 3. The molecule has 0 bridgehead atoms. The van der Waals surface area contributed by atoms with E-state index in [9.17, 15) is 14.2 Å². The number of hydrogen-bond acceptors (Lipinski definition) is 13. The highest BCUT2D eigenvalue weighted by Gasteiger charge is 2.33. The van der Waals surface area contributed by atoms with Gasteiger partial charge in [-0.05, 0) is 48.0 Å². The number of fused-ring (bicyclic) bond motifs is 1. The van der Waals surface area contributed by atoms with Crippen molar-refractivity contribution in [1.29, 1.82) is 0 Å². The smallest absolute Gasteiger partial charge is 0.479 e. The fourth-order valence-electron chi connectivity index (χ4n) is 3.39. The van der Waals surface area contributed by atoms with Crippen molar-refractivity contribution < 1.29 is 41.9 Å². The number of esters is 2. The van der Waals surface area contributed by atoms with Crippen LogP contribution in [0.5, 0.6) is 5.88 Å². The molecular formula is C24H36N5O9P. The van der Waals surface area contributed by atoms with E-state index in [1.165, 1.54) is 7.11 Å². The minimum absolute atomic E-state index is 0.0533. The number of carbonyl (C=O) groups excluding carboxylic acids is 2. The Labute approximate surface area is 226 Å². The topological polar surface area (TPSA) is 176 Å². The van der Waals surface area contributed by atoms with Gasteiger partial charge in [-0.25, -0.2) is 18.6 Å². The third-order valence-corrected chi connectivity index (χ3v) is 6.89. The second-order valence-corrected chi connectivity index (χ2v) is 12.6. The normalized spacial score (nSPS) is 17.9. The number of carbonyl (C=O) groups is 2. The van der Waals surface area contributed by atoms with Gasteiger partial charge in [0.05, 0.1) is 36.9 Å². The van der Waals surface area contributed by atoms with Gasteiger partial charge in [0, 0.05) is 5.92 Å². The highest BCUT2D eigenvalue weighted by molar-refractivity contribution is 7.48. The van der Waals surface area contributed by atoms with Gasteiger partial charge in [0.15, 0.2) is 11.2 Å². The molecule has 0 aromatic carbocycles. The summed E-state index contributed by atoms with van der Waals surface area (Å²) in [4.78, 5) is 36.8. The molecule has 0 amide bonds. The van der Waals surface area contributed by atoms with Crippen molar-refractivity contribution in [3.63, 3.8) is 0 Å². The van der Waals surface area contributed by atoms with Crippen LogP contribution in [0.3, 0.4) is 0 Å². The zero-order valence-electron chi connectivity index (χ0n) is 23.2. The largest absolute Gasteiger partial charge is 0.480 e. The van der Waals surface area contributed by atoms with Crippen LogP contribution in [0, 0.1) is 16.7 Å². The van der Waals surface area contributed by atoms with Crippen LogP contribution in [0.25, 0.3) is 11.2 Å². The van der Waals surface area contributed by atoms with Crippen molar-refractivity contribution in [2.75, 3.05) is 33.0 Å². The zero-order valence-corrected chi connectivity index (χ0v) is 24.1. The fourth-order valence-corrected chi connectivity index (χ4v) is 4.36. The van der Waals surface area contributed by atoms with Crippen LogP contribution in [-0.2, 0) is 37.2 Å². The molecule has 39 heavy (non-hydrogen) atoms. The van der Waals surface area contributed by atoms with E-state index >= 15 is 0 Å². The molecule has 0 aliphatic heterocycles. The maximum absolute atomic E-state index is 13.3. The van der Waals surface area contributed by atoms with Crippen LogP contribution < -0.4 is 10.5 Å². The number of methoxy groups -OCH3 is 1. The number of phosphoric ester groups is 1. The predicted molar refractivity (Wildman–Crippen MR) is 139 cm³/mol. The summed E-state index contributed by atoms with van der Waals surface area (Å²) >= 11 is 0. The third kappa shape index (κ3) is 7.98. The van der Waals surface area contributed by atoms with Gasteiger partial charge < -0.3 is 24.5 Å². The van der Waals surface area contributed by atoms with Crippen molar-refractivity contribution in [1.82, 2.24) is 19.5 Å². The minimum Gasteiger partial charge on any atom is -0.479 e. The summed E-state index contributed by atoms with van der Waals surface area (Å²) in [6.45, 7) is 8.58. The van der Waals surface area contributed by atoms with E-state index in [-0.39, 0.29) is 30.4 Å². The van der Waals surface area contributed by atoms with E-state index in [1.54, 1.807) is 47.9 Å². The molecule has 1 aliphatic carbocycles. The first-order valence-corrected chi connectivity index (χ1v) is 13.7. The average Bonchev–Trinajstić information content (AvgIpc) is 3.48. The lowest BCUT2D eigenvalue weighted by molar-refractivity contribution is -0.163. The number of nitrogen functional groups attached to an aromatic ring is 1. The van der Waals surface area contributed by atoms with Crippen LogP contribution >= 0.6 is 7.82 Å². The summed E-state index contributed by atoms with van der Waals surface area (Å²) in [6.07, 6.45) is 5.99. The molecule has 0 spiro atoms. The maximum Gasteiger partial charge on any atom is 0.480 e. The van der Waals surface area contributed by atoms with E-state index in [4.69, 9.17) is 33.5 Å². The zero-order chi connectivity index (χ0) is 29.0. The third-order valence-electron chi connectivity index (χ3n) is 5.58. The molecule has 0 fully saturated rings. The number of rotatable bonds is 11. The van der Waals surface area contributed by atoms with Gasteiger partial charge in [-0.15, -0.1) is 0 Å². The summed E-state index contributed by atoms with van der Waals surface area (Å²) in [5.74, 6) is -1.000. The number of imidazole rings is 1. The molecule has 2 N–H and O–H groups in total. The first-order chi connectivity index (χ1) is 18.1. The molecule has 216 valence electrons. The molecule has 2 aromatic rings. The minimum atomic E-state index is -4.29. The van der Waals surface area contributed by atoms with Gasteiger partial charge in [-0.3, -0.25) is 14.1 Å². The number of nitrogens with two attached hydrogens (primary N) is 1. The summed E-state index contributed by atoms with van der Waals surface area (Å²) in [6, 6.07) is -0.149. The van der Waals surface area contributed by atoms with Crippen LogP contribution in [0.1, 0.15) is 54.0 Å². The highest BCUT2D eigenvalue weighted by atomic mass is 31.2. The van der Waals surface area contributed by atoms with Gasteiger partial charge in [0.2, 0.25) is 25.4 Å². The Morgan fingerprint density at radius 2 is 1.59 bits per heavy atom. The number of phosphoric acid groups is 1. The van der Waals surface area contributed by atoms with E-state index < -0.39 is 44.2 Å². The van der Waals surface area contributed by atoms with Gasteiger partial charge in [-0.2, -0.15) is 9.97 Å². The molecule has 1 aliphatic rings. The van der Waals surface area contributed by atoms with Crippen molar-refractivity contribution in [3.05, 3.63) is 18.5 Å².